The largest absolute Gasteiger partial charge is 0.477 e. The summed E-state index contributed by atoms with van der Waals surface area (Å²) in [4.78, 5) is 72.7. The van der Waals surface area contributed by atoms with Gasteiger partial charge < -0.3 is 80.5 Å². The summed E-state index contributed by atoms with van der Waals surface area (Å²) in [5.41, 5.74) is -1.13. The zero-order chi connectivity index (χ0) is 45.2. The predicted molar refractivity (Wildman–Crippen MR) is 216 cm³/mol. The summed E-state index contributed by atoms with van der Waals surface area (Å²) in [6.45, 7) is 4.38. The number of ether oxygens (including phenoxy) is 6. The lowest BCUT2D eigenvalue weighted by Gasteiger charge is -2.46. The normalized spacial score (nSPS) is 20.0. The third-order valence-corrected chi connectivity index (χ3v) is 9.00. The topological polar surface area (TPSA) is 319 Å². The highest BCUT2D eigenvalue weighted by Gasteiger charge is 2.55. The minimum absolute atomic E-state index is 0.0274. The summed E-state index contributed by atoms with van der Waals surface area (Å²) >= 11 is 5.87. The summed E-state index contributed by atoms with van der Waals surface area (Å²) < 4.78 is 32.6. The molecule has 6 atom stereocenters. The molecule has 1 aliphatic heterocycles. The number of carbonyl (C=O) groups excluding carboxylic acids is 3. The summed E-state index contributed by atoms with van der Waals surface area (Å²) in [6.07, 6.45) is -8.69. The van der Waals surface area contributed by atoms with Crippen LogP contribution in [0.3, 0.4) is 0 Å². The van der Waals surface area contributed by atoms with Gasteiger partial charge in [-0.3, -0.25) is 19.2 Å². The van der Waals surface area contributed by atoms with E-state index in [4.69, 9.17) is 40.0 Å². The zero-order valence-corrected chi connectivity index (χ0v) is 34.9. The van der Waals surface area contributed by atoms with Crippen molar-refractivity contribution in [2.45, 2.75) is 75.5 Å². The number of rotatable bonds is 27. The number of halogens is 1. The molecule has 23 heteroatoms. The molecule has 1 heterocycles. The molecule has 0 aliphatic carbocycles. The number of carboxylic acid groups (broad SMARTS) is 1. The number of alkyl carbamates (subject to hydrolysis) is 1. The lowest BCUT2D eigenvalue weighted by Crippen LogP contribution is -2.68. The van der Waals surface area contributed by atoms with Gasteiger partial charge in [0, 0.05) is 37.6 Å². The van der Waals surface area contributed by atoms with Crippen LogP contribution in [0.1, 0.15) is 32.8 Å². The molecule has 2 aromatic carbocycles. The van der Waals surface area contributed by atoms with Crippen LogP contribution in [-0.2, 0) is 49.2 Å². The number of carbonyl (C=O) groups is 4. The minimum Gasteiger partial charge on any atom is -0.477 e. The van der Waals surface area contributed by atoms with Gasteiger partial charge in [-0.2, -0.15) is 0 Å². The second-order valence-corrected chi connectivity index (χ2v) is 15.1. The predicted octanol–water partition coefficient (Wildman–Crippen LogP) is -2.16. The molecule has 0 bridgehead atoms. The van der Waals surface area contributed by atoms with Gasteiger partial charge >= 0.3 is 12.1 Å². The first kappa shape index (κ1) is 50.9. The molecular formula is C38H56ClN5O17. The van der Waals surface area contributed by atoms with E-state index in [0.29, 0.717) is 10.6 Å². The molecular weight excluding hydrogens is 834 g/mol. The number of aliphatic hydroxyl groups excluding tert-OH is 4. The van der Waals surface area contributed by atoms with Crippen molar-refractivity contribution in [3.63, 3.8) is 0 Å². The Labute approximate surface area is 355 Å². The highest BCUT2D eigenvalue weighted by molar-refractivity contribution is 6.30. The summed E-state index contributed by atoms with van der Waals surface area (Å²) in [5, 5.41) is 65.6. The van der Waals surface area contributed by atoms with E-state index in [2.05, 4.69) is 26.6 Å². The van der Waals surface area contributed by atoms with E-state index in [1.165, 1.54) is 0 Å². The van der Waals surface area contributed by atoms with Crippen LogP contribution in [0.15, 0.2) is 33.9 Å². The molecule has 61 heavy (non-hydrogen) atoms. The van der Waals surface area contributed by atoms with Gasteiger partial charge in [0.05, 0.1) is 70.9 Å². The average Bonchev–Trinajstić information content (AvgIpc) is 3.20. The Bertz CT molecular complexity index is 1790. The van der Waals surface area contributed by atoms with Crippen molar-refractivity contribution < 1.29 is 73.1 Å². The van der Waals surface area contributed by atoms with Crippen molar-refractivity contribution in [2.75, 3.05) is 89.7 Å². The van der Waals surface area contributed by atoms with Crippen LogP contribution < -0.4 is 37.4 Å². The average molecular weight is 890 g/mol. The lowest BCUT2D eigenvalue weighted by molar-refractivity contribution is -0.312. The molecule has 10 N–H and O–H groups in total. The van der Waals surface area contributed by atoms with Crippen LogP contribution in [0.2, 0.25) is 5.02 Å². The third-order valence-electron chi connectivity index (χ3n) is 8.74. The lowest BCUT2D eigenvalue weighted by atomic mass is 9.88. The number of aliphatic hydroxyl groups is 4. The van der Waals surface area contributed by atoms with Gasteiger partial charge in [-0.05, 0) is 38.5 Å². The van der Waals surface area contributed by atoms with Crippen LogP contribution >= 0.6 is 11.6 Å². The molecule has 1 aliphatic rings. The number of aliphatic carboxylic acids is 1. The maximum Gasteiger partial charge on any atom is 0.407 e. The second-order valence-electron chi connectivity index (χ2n) is 14.7. The number of benzene rings is 1. The highest BCUT2D eigenvalue weighted by Crippen LogP contribution is 2.33. The van der Waals surface area contributed by atoms with Crippen LogP contribution in [0.4, 0.5) is 16.2 Å². The zero-order valence-electron chi connectivity index (χ0n) is 34.1. The Morgan fingerprint density at radius 2 is 1.41 bits per heavy atom. The van der Waals surface area contributed by atoms with Crippen LogP contribution in [0, 0.1) is 0 Å². The molecule has 0 saturated carbocycles. The monoisotopic (exact) mass is 889 g/mol. The molecule has 0 unspecified atom stereocenters. The van der Waals surface area contributed by atoms with Gasteiger partial charge in [-0.15, -0.1) is 0 Å². The summed E-state index contributed by atoms with van der Waals surface area (Å²) in [7, 11) is 0. The Kier molecular flexibility index (Phi) is 20.7. The van der Waals surface area contributed by atoms with E-state index in [1.807, 2.05) is 0 Å². The fourth-order valence-electron chi connectivity index (χ4n) is 5.81. The first-order chi connectivity index (χ1) is 28.9. The number of hydrogen-bond donors (Lipinski definition) is 10. The van der Waals surface area contributed by atoms with Crippen molar-refractivity contribution in [1.82, 2.24) is 16.0 Å². The first-order valence-electron chi connectivity index (χ1n) is 19.4. The molecule has 2 aromatic rings. The fraction of sp³-hybridized carbons (Fsp3) is 0.632. The van der Waals surface area contributed by atoms with E-state index in [0.717, 1.165) is 0 Å². The van der Waals surface area contributed by atoms with Gasteiger partial charge in [0.1, 0.15) is 35.8 Å². The molecule has 0 aromatic heterocycles. The number of anilines is 2. The van der Waals surface area contributed by atoms with E-state index in [1.54, 1.807) is 45.0 Å². The third kappa shape index (κ3) is 16.7. The van der Waals surface area contributed by atoms with Crippen molar-refractivity contribution in [2.24, 2.45) is 0 Å². The van der Waals surface area contributed by atoms with Gasteiger partial charge in [0.25, 0.3) is 16.6 Å². The first-order valence-corrected chi connectivity index (χ1v) is 19.8. The maximum atomic E-state index is 12.5. The highest BCUT2D eigenvalue weighted by atomic mass is 35.5. The maximum absolute atomic E-state index is 12.5. The molecule has 0 radical (unpaired) electrons. The molecule has 22 nitrogen and oxygen atoms in total. The van der Waals surface area contributed by atoms with Crippen molar-refractivity contribution in [3.05, 3.63) is 55.3 Å². The fourth-order valence-corrected chi connectivity index (χ4v) is 5.94. The van der Waals surface area contributed by atoms with Gasteiger partial charge in [0.2, 0.25) is 11.8 Å². The van der Waals surface area contributed by atoms with E-state index < -0.39 is 103 Å². The minimum atomic E-state index is -2.58. The second kappa shape index (κ2) is 24.8. The Morgan fingerprint density at radius 3 is 1.98 bits per heavy atom. The van der Waals surface area contributed by atoms with E-state index in [-0.39, 0.29) is 77.1 Å². The van der Waals surface area contributed by atoms with E-state index in [9.17, 15) is 54.3 Å². The van der Waals surface area contributed by atoms with Gasteiger partial charge in [-0.1, -0.05) is 23.7 Å². The number of carboxylic acids is 1. The molecule has 1 fully saturated rings. The van der Waals surface area contributed by atoms with Crippen LogP contribution in [0.25, 0.3) is 0 Å². The van der Waals surface area contributed by atoms with Gasteiger partial charge in [-0.25, -0.2) is 9.59 Å². The molecule has 1 saturated heterocycles. The summed E-state index contributed by atoms with van der Waals surface area (Å²) in [5.74, 6) is -5.79. The number of nitrogens with one attached hydrogen (secondary N) is 5. The number of hydrogen-bond acceptors (Lipinski definition) is 18. The molecule has 0 spiro atoms. The standard InChI is InChI=1S/C38H56ClN5O17/c1-37(2,3)61-36(55)42-10-13-56-11-8-40-29-30(33(52)32(29)51)41-9-12-57-14-15-58-16-17-59-38(35(53)54)19-24(46)28(44-27(49)21-45)34(60-38)31(50)25(47)20-43-26(48)18-22-4-6-23(39)7-5-22/h4-7,24-25,28,31,34,40-41,45-47,50H,8-21H2,1-3H3,(H,42,55)(H,43,48)(H,44,49)(H,53,54)/t24-,25+,28+,31+,34+,38+/m0/s1. The van der Waals surface area contributed by atoms with E-state index >= 15 is 0 Å². The molecule has 342 valence electrons. The SMILES string of the molecule is CC(C)(C)OC(=O)NCCOCCNc1c(NCCOCCOCCO[C@]2(C(=O)O)C[C@H](O)[C@@H](NC(=O)CO)[C@H]([C@H](O)[C@H](O)CNC(=O)Cc3ccc(Cl)cc3)O2)c(=O)c1=O. The summed E-state index contributed by atoms with van der Waals surface area (Å²) in [6, 6.07) is 4.93. The number of amides is 3. The van der Waals surface area contributed by atoms with Crippen molar-refractivity contribution in [1.29, 1.82) is 0 Å². The smallest absolute Gasteiger partial charge is 0.407 e. The Morgan fingerprint density at radius 1 is 0.852 bits per heavy atom. The molecule has 3 rings (SSSR count). The van der Waals surface area contributed by atoms with Crippen molar-refractivity contribution in [3.8, 4) is 0 Å². The Hall–Kier alpha value is -4.49. The van der Waals surface area contributed by atoms with Crippen LogP contribution in [0.5, 0.6) is 0 Å². The van der Waals surface area contributed by atoms with Crippen LogP contribution in [-0.4, -0.2) is 170 Å². The quantitative estimate of drug-likeness (QED) is 0.0337. The van der Waals surface area contributed by atoms with Gasteiger partial charge in [0.15, 0.2) is 0 Å². The Balaban J connectivity index is 1.39. The molecule has 3 amide bonds. The van der Waals surface area contributed by atoms with Crippen molar-refractivity contribution >= 4 is 46.9 Å².